The van der Waals surface area contributed by atoms with Crippen LogP contribution in [0.15, 0.2) is 47.1 Å². The lowest BCUT2D eigenvalue weighted by atomic mass is 10.1. The number of hydrogen-bond donors (Lipinski definition) is 1. The molecule has 0 saturated carbocycles. The maximum absolute atomic E-state index is 13.1. The van der Waals surface area contributed by atoms with E-state index in [0.717, 1.165) is 34.7 Å². The molecule has 0 aliphatic carbocycles. The molecular weight excluding hydrogens is 352 g/mol. The van der Waals surface area contributed by atoms with Crippen LogP contribution in [-0.2, 0) is 13.1 Å². The van der Waals surface area contributed by atoms with E-state index in [4.69, 9.17) is 4.42 Å². The van der Waals surface area contributed by atoms with Gasteiger partial charge in [0, 0.05) is 25.2 Å². The van der Waals surface area contributed by atoms with Crippen molar-refractivity contribution in [1.82, 2.24) is 14.3 Å². The number of hydrogen-bond acceptors (Lipinski definition) is 3. The van der Waals surface area contributed by atoms with Crippen LogP contribution in [0.5, 0.6) is 0 Å². The van der Waals surface area contributed by atoms with Gasteiger partial charge >= 0.3 is 0 Å². The van der Waals surface area contributed by atoms with Crippen LogP contribution in [0.2, 0.25) is 0 Å². The molecular formula is C22H24N4O2. The zero-order valence-corrected chi connectivity index (χ0v) is 16.6. The Kier molecular flexibility index (Phi) is 4.55. The minimum Gasteiger partial charge on any atom is -0.463 e. The largest absolute Gasteiger partial charge is 0.463 e. The molecule has 0 saturated heterocycles. The minimum atomic E-state index is -0.166. The fourth-order valence-electron chi connectivity index (χ4n) is 3.57. The average Bonchev–Trinajstić information content (AvgIpc) is 3.34. The van der Waals surface area contributed by atoms with Gasteiger partial charge < -0.3 is 14.3 Å². The van der Waals surface area contributed by atoms with Crippen LogP contribution in [0.4, 0.5) is 5.69 Å². The number of fused-ring (bicyclic) bond motifs is 1. The van der Waals surface area contributed by atoms with Crippen LogP contribution in [-0.4, -0.2) is 20.3 Å². The van der Waals surface area contributed by atoms with Crippen LogP contribution in [0.25, 0.3) is 11.1 Å². The first-order chi connectivity index (χ1) is 13.5. The molecule has 6 nitrogen and oxygen atoms in total. The van der Waals surface area contributed by atoms with Gasteiger partial charge in [-0.05, 0) is 33.3 Å². The quantitative estimate of drug-likeness (QED) is 0.550. The minimum absolute atomic E-state index is 0.166. The number of benzene rings is 1. The number of rotatable bonds is 5. The number of carbonyl (C=O) groups is 1. The van der Waals surface area contributed by atoms with E-state index in [9.17, 15) is 4.79 Å². The van der Waals surface area contributed by atoms with Crippen molar-refractivity contribution in [3.05, 3.63) is 70.9 Å². The van der Waals surface area contributed by atoms with Gasteiger partial charge in [0.25, 0.3) is 5.91 Å². The zero-order valence-electron chi connectivity index (χ0n) is 16.6. The number of anilines is 1. The van der Waals surface area contributed by atoms with Gasteiger partial charge in [-0.1, -0.05) is 29.8 Å². The van der Waals surface area contributed by atoms with E-state index in [1.807, 2.05) is 36.1 Å². The van der Waals surface area contributed by atoms with Crippen molar-refractivity contribution in [2.24, 2.45) is 0 Å². The normalized spacial score (nSPS) is 11.3. The Bertz CT molecular complexity index is 1150. The van der Waals surface area contributed by atoms with Gasteiger partial charge in [-0.15, -0.1) is 0 Å². The summed E-state index contributed by atoms with van der Waals surface area (Å²) in [5.41, 5.74) is 7.05. The lowest BCUT2D eigenvalue weighted by Crippen LogP contribution is -2.18. The highest BCUT2D eigenvalue weighted by atomic mass is 16.3. The van der Waals surface area contributed by atoms with Gasteiger partial charge in [0.2, 0.25) is 0 Å². The van der Waals surface area contributed by atoms with E-state index in [1.54, 1.807) is 12.3 Å². The van der Waals surface area contributed by atoms with Gasteiger partial charge in [-0.3, -0.25) is 9.48 Å². The van der Waals surface area contributed by atoms with Gasteiger partial charge in [0.1, 0.15) is 5.69 Å². The molecule has 0 spiro atoms. The fourth-order valence-corrected chi connectivity index (χ4v) is 3.57. The molecule has 0 unspecified atom stereocenters. The molecule has 1 N–H and O–H groups in total. The van der Waals surface area contributed by atoms with Crippen LogP contribution in [0.3, 0.4) is 0 Å². The molecule has 0 aliphatic heterocycles. The second-order valence-corrected chi connectivity index (χ2v) is 7.09. The predicted octanol–water partition coefficient (Wildman–Crippen LogP) is 4.68. The molecule has 6 heteroatoms. The highest BCUT2D eigenvalue weighted by Gasteiger charge is 2.20. The summed E-state index contributed by atoms with van der Waals surface area (Å²) in [6.07, 6.45) is 1.65. The number of nitrogens with one attached hydrogen (secondary N) is 1. The number of carbonyl (C=O) groups excluding carboxylic acids is 1. The lowest BCUT2D eigenvalue weighted by molar-refractivity contribution is 0.101. The fraction of sp³-hybridized carbons (Fsp3) is 0.273. The predicted molar refractivity (Wildman–Crippen MR) is 110 cm³/mol. The molecule has 4 rings (SSSR count). The summed E-state index contributed by atoms with van der Waals surface area (Å²) in [6, 6.07) is 12.0. The van der Waals surface area contributed by atoms with Crippen LogP contribution >= 0.6 is 0 Å². The smallest absolute Gasteiger partial charge is 0.272 e. The van der Waals surface area contributed by atoms with Crippen LogP contribution in [0, 0.1) is 20.8 Å². The average molecular weight is 376 g/mol. The third-order valence-electron chi connectivity index (χ3n) is 5.14. The van der Waals surface area contributed by atoms with E-state index >= 15 is 0 Å². The molecule has 144 valence electrons. The van der Waals surface area contributed by atoms with Crippen molar-refractivity contribution >= 4 is 22.7 Å². The third kappa shape index (κ3) is 3.11. The van der Waals surface area contributed by atoms with Crippen molar-refractivity contribution in [1.29, 1.82) is 0 Å². The number of furan rings is 1. The van der Waals surface area contributed by atoms with E-state index in [0.29, 0.717) is 17.8 Å². The molecule has 0 fully saturated rings. The molecule has 0 atom stereocenters. The Labute approximate surface area is 163 Å². The van der Waals surface area contributed by atoms with E-state index in [-0.39, 0.29) is 5.91 Å². The second kappa shape index (κ2) is 7.03. The summed E-state index contributed by atoms with van der Waals surface area (Å²) in [4.78, 5) is 13.1. The summed E-state index contributed by atoms with van der Waals surface area (Å²) < 4.78 is 9.43. The highest BCUT2D eigenvalue weighted by Crippen LogP contribution is 2.25. The van der Waals surface area contributed by atoms with Crippen LogP contribution in [0.1, 0.15) is 39.9 Å². The molecule has 1 amide bonds. The molecule has 3 heterocycles. The molecule has 0 aliphatic rings. The van der Waals surface area contributed by atoms with E-state index in [1.165, 1.54) is 5.56 Å². The summed E-state index contributed by atoms with van der Waals surface area (Å²) in [7, 11) is 0. The standard InChI is InChI=1S/C22H24N4O2/c1-5-26-16(4)21(15(3)24-26)23-22(27)19-12-20-18(10-11-28-20)25(19)13-17-8-6-14(2)7-9-17/h6-12H,5,13H2,1-4H3,(H,23,27). The van der Waals surface area contributed by atoms with Crippen molar-refractivity contribution in [3.63, 3.8) is 0 Å². The Morgan fingerprint density at radius 2 is 1.89 bits per heavy atom. The van der Waals surface area contributed by atoms with Gasteiger partial charge in [0.15, 0.2) is 5.58 Å². The first kappa shape index (κ1) is 18.1. The van der Waals surface area contributed by atoms with Crippen molar-refractivity contribution in [2.45, 2.75) is 40.8 Å². The van der Waals surface area contributed by atoms with E-state index < -0.39 is 0 Å². The molecule has 4 aromatic rings. The SMILES string of the molecule is CCn1nc(C)c(NC(=O)c2cc3occc3n2Cc2ccc(C)cc2)c1C. The number of aryl methyl sites for hydroxylation is 3. The second-order valence-electron chi connectivity index (χ2n) is 7.09. The molecule has 3 aromatic heterocycles. The molecule has 0 bridgehead atoms. The maximum atomic E-state index is 13.1. The zero-order chi connectivity index (χ0) is 19.8. The summed E-state index contributed by atoms with van der Waals surface area (Å²) in [6.45, 7) is 9.33. The summed E-state index contributed by atoms with van der Waals surface area (Å²) in [5, 5.41) is 7.53. The first-order valence-corrected chi connectivity index (χ1v) is 9.45. The third-order valence-corrected chi connectivity index (χ3v) is 5.14. The van der Waals surface area contributed by atoms with Crippen LogP contribution < -0.4 is 5.32 Å². The lowest BCUT2D eigenvalue weighted by Gasteiger charge is -2.11. The first-order valence-electron chi connectivity index (χ1n) is 9.45. The monoisotopic (exact) mass is 376 g/mol. The Balaban J connectivity index is 1.70. The maximum Gasteiger partial charge on any atom is 0.272 e. The van der Waals surface area contributed by atoms with Gasteiger partial charge in [-0.25, -0.2) is 0 Å². The van der Waals surface area contributed by atoms with E-state index in [2.05, 4.69) is 41.6 Å². The van der Waals surface area contributed by atoms with Crippen molar-refractivity contribution in [2.75, 3.05) is 5.32 Å². The Morgan fingerprint density at radius 1 is 1.14 bits per heavy atom. The Hall–Kier alpha value is -3.28. The van der Waals surface area contributed by atoms with Gasteiger partial charge in [-0.2, -0.15) is 5.10 Å². The topological polar surface area (TPSA) is 65.0 Å². The molecule has 28 heavy (non-hydrogen) atoms. The van der Waals surface area contributed by atoms with Gasteiger partial charge in [0.05, 0.1) is 28.9 Å². The summed E-state index contributed by atoms with van der Waals surface area (Å²) >= 11 is 0. The summed E-state index contributed by atoms with van der Waals surface area (Å²) in [5.74, 6) is -0.166. The number of nitrogens with zero attached hydrogens (tertiary/aromatic N) is 3. The van der Waals surface area contributed by atoms with Crippen molar-refractivity contribution < 1.29 is 9.21 Å². The molecule has 1 aromatic carbocycles. The number of amides is 1. The highest BCUT2D eigenvalue weighted by molar-refractivity contribution is 6.06. The molecule has 0 radical (unpaired) electrons. The number of aromatic nitrogens is 3. The Morgan fingerprint density at radius 3 is 2.57 bits per heavy atom. The van der Waals surface area contributed by atoms with Crippen molar-refractivity contribution in [3.8, 4) is 0 Å².